The average molecular weight is 316 g/mol. The van der Waals surface area contributed by atoms with Crippen LogP contribution >= 0.6 is 0 Å². The van der Waals surface area contributed by atoms with Crippen LogP contribution in [0.4, 0.5) is 0 Å². The quantitative estimate of drug-likeness (QED) is 0.549. The maximum absolute atomic E-state index is 12.4. The van der Waals surface area contributed by atoms with Gasteiger partial charge in [-0.25, -0.2) is 4.79 Å². The Morgan fingerprint density at radius 1 is 1.00 bits per heavy atom. The summed E-state index contributed by atoms with van der Waals surface area (Å²) in [6.07, 6.45) is 0. The Morgan fingerprint density at radius 2 is 1.68 bits per heavy atom. The van der Waals surface area contributed by atoms with Crippen molar-refractivity contribution in [3.05, 3.63) is 70.6 Å². The van der Waals surface area contributed by atoms with Gasteiger partial charge in [0.05, 0.1) is 11.5 Å². The Morgan fingerprint density at radius 3 is 2.45 bits per heavy atom. The zero-order valence-electron chi connectivity index (χ0n) is 11.6. The van der Waals surface area contributed by atoms with Gasteiger partial charge in [0.25, 0.3) is 0 Å². The van der Waals surface area contributed by atoms with Crippen molar-refractivity contribution in [2.75, 3.05) is 0 Å². The first-order valence-corrected chi connectivity index (χ1v) is 7.91. The summed E-state index contributed by atoms with van der Waals surface area (Å²) in [4.78, 5) is 11.6. The molecule has 22 heavy (non-hydrogen) atoms. The lowest BCUT2D eigenvalue weighted by Crippen LogP contribution is -2.12. The van der Waals surface area contributed by atoms with Gasteiger partial charge in [-0.1, -0.05) is 30.3 Å². The summed E-state index contributed by atoms with van der Waals surface area (Å²) in [5.41, 5.74) is 0.161. The molecular formula is C16H12O5S. The van der Waals surface area contributed by atoms with E-state index in [1.165, 1.54) is 6.07 Å². The average Bonchev–Trinajstić information content (AvgIpc) is 2.47. The summed E-state index contributed by atoms with van der Waals surface area (Å²) in [6, 6.07) is 14.1. The summed E-state index contributed by atoms with van der Waals surface area (Å²) < 4.78 is 35.0. The lowest BCUT2D eigenvalue weighted by molar-refractivity contribution is 0.481. The maximum atomic E-state index is 12.4. The van der Waals surface area contributed by atoms with Gasteiger partial charge in [-0.15, -0.1) is 0 Å². The number of benzene rings is 2. The van der Waals surface area contributed by atoms with Gasteiger partial charge < -0.3 is 8.60 Å². The van der Waals surface area contributed by atoms with Crippen LogP contribution < -0.4 is 9.81 Å². The first kappa shape index (κ1) is 14.3. The summed E-state index contributed by atoms with van der Waals surface area (Å²) in [5.74, 6) is -0.0462. The van der Waals surface area contributed by atoms with E-state index in [-0.39, 0.29) is 16.2 Å². The number of aryl methyl sites for hydroxylation is 1. The summed E-state index contributed by atoms with van der Waals surface area (Å²) in [5, 5.41) is 0.416. The second-order valence-electron chi connectivity index (χ2n) is 4.73. The topological polar surface area (TPSA) is 73.6 Å². The van der Waals surface area contributed by atoms with Gasteiger partial charge in [0.2, 0.25) is 0 Å². The molecule has 0 atom stereocenters. The minimum absolute atomic E-state index is 0.0462. The zero-order valence-corrected chi connectivity index (χ0v) is 12.5. The number of hydrogen-bond donors (Lipinski definition) is 0. The fourth-order valence-electron chi connectivity index (χ4n) is 2.15. The predicted molar refractivity (Wildman–Crippen MR) is 81.5 cm³/mol. The molecule has 3 aromatic rings. The smallest absolute Gasteiger partial charge is 0.340 e. The molecular weight excluding hydrogens is 304 g/mol. The molecule has 0 fully saturated rings. The highest BCUT2D eigenvalue weighted by molar-refractivity contribution is 7.87. The SMILES string of the molecule is Cc1ccccc1S(=O)(=O)Oc1cc(=O)oc2ccccc12. The minimum atomic E-state index is -4.03. The maximum Gasteiger partial charge on any atom is 0.340 e. The molecule has 1 aromatic heterocycles. The highest BCUT2D eigenvalue weighted by Gasteiger charge is 2.20. The normalized spacial score (nSPS) is 11.5. The third-order valence-electron chi connectivity index (χ3n) is 3.17. The molecule has 0 radical (unpaired) electrons. The molecule has 5 nitrogen and oxygen atoms in total. The van der Waals surface area contributed by atoms with Crippen molar-refractivity contribution in [3.63, 3.8) is 0 Å². The first-order valence-electron chi connectivity index (χ1n) is 6.50. The molecule has 6 heteroatoms. The minimum Gasteiger partial charge on any atom is -0.422 e. The molecule has 3 rings (SSSR count). The lowest BCUT2D eigenvalue weighted by Gasteiger charge is -2.10. The molecule has 0 amide bonds. The van der Waals surface area contributed by atoms with E-state index in [1.807, 2.05) is 0 Å². The molecule has 0 N–H and O–H groups in total. The second kappa shape index (κ2) is 5.31. The van der Waals surface area contributed by atoms with E-state index in [0.29, 0.717) is 10.9 Å². The summed E-state index contributed by atoms with van der Waals surface area (Å²) >= 11 is 0. The molecule has 0 aliphatic carbocycles. The molecule has 0 aliphatic heterocycles. The fourth-order valence-corrected chi connectivity index (χ4v) is 3.32. The van der Waals surface area contributed by atoms with Gasteiger partial charge in [0, 0.05) is 0 Å². The van der Waals surface area contributed by atoms with E-state index in [9.17, 15) is 13.2 Å². The second-order valence-corrected chi connectivity index (χ2v) is 6.24. The van der Waals surface area contributed by atoms with E-state index >= 15 is 0 Å². The number of rotatable bonds is 3. The van der Waals surface area contributed by atoms with Crippen LogP contribution in [-0.2, 0) is 10.1 Å². The number of fused-ring (bicyclic) bond motifs is 1. The van der Waals surface area contributed by atoms with Gasteiger partial charge in [-0.3, -0.25) is 0 Å². The third kappa shape index (κ3) is 2.60. The molecule has 0 saturated heterocycles. The monoisotopic (exact) mass is 316 g/mol. The van der Waals surface area contributed by atoms with Gasteiger partial charge >= 0.3 is 15.7 Å². The van der Waals surface area contributed by atoms with Crippen LogP contribution in [0, 0.1) is 6.92 Å². The van der Waals surface area contributed by atoms with Gasteiger partial charge in [-0.2, -0.15) is 8.42 Å². The van der Waals surface area contributed by atoms with Crippen LogP contribution in [-0.4, -0.2) is 8.42 Å². The van der Waals surface area contributed by atoms with E-state index in [2.05, 4.69) is 0 Å². The lowest BCUT2D eigenvalue weighted by atomic mass is 10.2. The molecule has 0 unspecified atom stereocenters. The molecule has 0 saturated carbocycles. The first-order chi connectivity index (χ1) is 10.5. The van der Waals surface area contributed by atoms with Crippen LogP contribution in [0.5, 0.6) is 5.75 Å². The Hall–Kier alpha value is -2.60. The molecule has 112 valence electrons. The van der Waals surface area contributed by atoms with Gasteiger partial charge in [0.1, 0.15) is 10.5 Å². The van der Waals surface area contributed by atoms with Crippen molar-refractivity contribution in [2.45, 2.75) is 11.8 Å². The largest absolute Gasteiger partial charge is 0.422 e. The van der Waals surface area contributed by atoms with E-state index in [0.717, 1.165) is 6.07 Å². The molecule has 2 aromatic carbocycles. The summed E-state index contributed by atoms with van der Waals surface area (Å²) in [6.45, 7) is 1.67. The van der Waals surface area contributed by atoms with E-state index in [1.54, 1.807) is 49.4 Å². The van der Waals surface area contributed by atoms with Crippen LogP contribution in [0.15, 0.2) is 68.7 Å². The van der Waals surface area contributed by atoms with Crippen molar-refractivity contribution in [1.29, 1.82) is 0 Å². The van der Waals surface area contributed by atoms with E-state index in [4.69, 9.17) is 8.60 Å². The predicted octanol–water partition coefficient (Wildman–Crippen LogP) is 2.87. The molecule has 0 bridgehead atoms. The Labute approximate surface area is 126 Å². The molecule has 1 heterocycles. The van der Waals surface area contributed by atoms with Crippen LogP contribution in [0.1, 0.15) is 5.56 Å². The molecule has 0 aliphatic rings. The fraction of sp³-hybridized carbons (Fsp3) is 0.0625. The Bertz CT molecular complexity index is 1000. The van der Waals surface area contributed by atoms with E-state index < -0.39 is 15.7 Å². The number of para-hydroxylation sites is 1. The van der Waals surface area contributed by atoms with Crippen molar-refractivity contribution in [2.24, 2.45) is 0 Å². The van der Waals surface area contributed by atoms with Gasteiger partial charge in [-0.05, 0) is 30.7 Å². The van der Waals surface area contributed by atoms with Crippen molar-refractivity contribution in [1.82, 2.24) is 0 Å². The third-order valence-corrected chi connectivity index (χ3v) is 4.57. The van der Waals surface area contributed by atoms with Crippen molar-refractivity contribution < 1.29 is 17.0 Å². The summed E-state index contributed by atoms with van der Waals surface area (Å²) in [7, 11) is -4.03. The van der Waals surface area contributed by atoms with Crippen molar-refractivity contribution >= 4 is 21.1 Å². The molecule has 0 spiro atoms. The highest BCUT2D eigenvalue weighted by Crippen LogP contribution is 2.27. The zero-order chi connectivity index (χ0) is 15.7. The van der Waals surface area contributed by atoms with Crippen LogP contribution in [0.25, 0.3) is 11.0 Å². The van der Waals surface area contributed by atoms with Crippen LogP contribution in [0.3, 0.4) is 0 Å². The Balaban J connectivity index is 2.14. The van der Waals surface area contributed by atoms with Crippen molar-refractivity contribution in [3.8, 4) is 5.75 Å². The van der Waals surface area contributed by atoms with Crippen LogP contribution in [0.2, 0.25) is 0 Å². The van der Waals surface area contributed by atoms with Gasteiger partial charge in [0.15, 0.2) is 5.75 Å². The number of hydrogen-bond acceptors (Lipinski definition) is 5. The Kier molecular flexibility index (Phi) is 3.46. The standard InChI is InChI=1S/C16H12O5S/c1-11-6-2-5-9-15(11)22(18,19)21-14-10-16(17)20-13-8-4-3-7-12(13)14/h2-10H,1H3. The highest BCUT2D eigenvalue weighted by atomic mass is 32.2.